The van der Waals surface area contributed by atoms with Gasteiger partial charge < -0.3 is 20.5 Å². The second kappa shape index (κ2) is 5.80. The van der Waals surface area contributed by atoms with E-state index in [1.807, 2.05) is 25.2 Å². The van der Waals surface area contributed by atoms with Gasteiger partial charge in [0.05, 0.1) is 14.2 Å². The van der Waals surface area contributed by atoms with E-state index in [-0.39, 0.29) is 11.5 Å². The Kier molecular flexibility index (Phi) is 4.32. The third-order valence-electron chi connectivity index (χ3n) is 4.30. The number of nitrogens with two attached hydrogens (primary N) is 1. The fraction of sp³-hybridized carbons (Fsp3) is 0.600. The molecule has 0 radical (unpaired) electrons. The fourth-order valence-electron chi connectivity index (χ4n) is 2.98. The van der Waals surface area contributed by atoms with Gasteiger partial charge in [-0.05, 0) is 37.6 Å². The lowest BCUT2D eigenvalue weighted by Crippen LogP contribution is -2.46. The summed E-state index contributed by atoms with van der Waals surface area (Å²) in [4.78, 5) is 0. The standard InChI is InChI=1S/C15H24N2O2/c1-17-10-15(7-4-8-15)14(16)11-5-6-12(18-2)13(9-11)19-3/h5-6,9,14,17H,4,7-8,10,16H2,1-3H3. The Labute approximate surface area is 115 Å². The molecule has 2 rings (SSSR count). The van der Waals surface area contributed by atoms with Crippen molar-refractivity contribution in [3.05, 3.63) is 23.8 Å². The van der Waals surface area contributed by atoms with E-state index in [2.05, 4.69) is 5.32 Å². The number of nitrogens with one attached hydrogen (secondary N) is 1. The van der Waals surface area contributed by atoms with Crippen LogP contribution in [0.3, 0.4) is 0 Å². The molecule has 0 bridgehead atoms. The molecule has 0 heterocycles. The van der Waals surface area contributed by atoms with E-state index < -0.39 is 0 Å². The zero-order valence-corrected chi connectivity index (χ0v) is 12.0. The maximum Gasteiger partial charge on any atom is 0.161 e. The number of benzene rings is 1. The number of rotatable bonds is 6. The molecule has 0 aliphatic heterocycles. The molecule has 4 heteroatoms. The van der Waals surface area contributed by atoms with Gasteiger partial charge in [-0.15, -0.1) is 0 Å². The molecule has 19 heavy (non-hydrogen) atoms. The van der Waals surface area contributed by atoms with E-state index in [1.165, 1.54) is 19.3 Å². The van der Waals surface area contributed by atoms with Crippen molar-refractivity contribution in [3.8, 4) is 11.5 Å². The number of hydrogen-bond donors (Lipinski definition) is 2. The summed E-state index contributed by atoms with van der Waals surface area (Å²) in [5.74, 6) is 1.49. The molecule has 1 atom stereocenters. The Morgan fingerprint density at radius 2 is 1.95 bits per heavy atom. The minimum Gasteiger partial charge on any atom is -0.493 e. The molecule has 1 unspecified atom stereocenters. The average molecular weight is 264 g/mol. The van der Waals surface area contributed by atoms with Gasteiger partial charge in [0.2, 0.25) is 0 Å². The van der Waals surface area contributed by atoms with Crippen LogP contribution in [-0.4, -0.2) is 27.8 Å². The van der Waals surface area contributed by atoms with Crippen LogP contribution in [-0.2, 0) is 0 Å². The van der Waals surface area contributed by atoms with E-state index in [4.69, 9.17) is 15.2 Å². The van der Waals surface area contributed by atoms with E-state index in [0.717, 1.165) is 23.6 Å². The maximum absolute atomic E-state index is 6.50. The van der Waals surface area contributed by atoms with Crippen LogP contribution in [0.5, 0.6) is 11.5 Å². The Hall–Kier alpha value is -1.26. The topological polar surface area (TPSA) is 56.5 Å². The van der Waals surface area contributed by atoms with Gasteiger partial charge in [0, 0.05) is 18.0 Å². The fourth-order valence-corrected chi connectivity index (χ4v) is 2.98. The first-order chi connectivity index (χ1) is 9.16. The number of methoxy groups -OCH3 is 2. The molecule has 1 saturated carbocycles. The zero-order valence-electron chi connectivity index (χ0n) is 12.0. The van der Waals surface area contributed by atoms with Crippen molar-refractivity contribution in [1.29, 1.82) is 0 Å². The van der Waals surface area contributed by atoms with Crippen LogP contribution in [0.2, 0.25) is 0 Å². The quantitative estimate of drug-likeness (QED) is 0.826. The maximum atomic E-state index is 6.50. The summed E-state index contributed by atoms with van der Waals surface area (Å²) < 4.78 is 10.6. The van der Waals surface area contributed by atoms with Crippen molar-refractivity contribution in [2.24, 2.45) is 11.1 Å². The van der Waals surface area contributed by atoms with Crippen LogP contribution in [0.15, 0.2) is 18.2 Å². The molecule has 1 aliphatic carbocycles. The minimum atomic E-state index is 0.0357. The van der Waals surface area contributed by atoms with E-state index in [9.17, 15) is 0 Å². The molecule has 1 aliphatic rings. The van der Waals surface area contributed by atoms with Gasteiger partial charge in [0.15, 0.2) is 11.5 Å². The Bertz CT molecular complexity index is 430. The first-order valence-electron chi connectivity index (χ1n) is 6.79. The summed E-state index contributed by atoms with van der Waals surface area (Å²) in [6, 6.07) is 6.01. The van der Waals surface area contributed by atoms with Gasteiger partial charge >= 0.3 is 0 Å². The van der Waals surface area contributed by atoms with Crippen LogP contribution in [0.4, 0.5) is 0 Å². The smallest absolute Gasteiger partial charge is 0.161 e. The minimum absolute atomic E-state index is 0.0357. The SMILES string of the molecule is CNCC1(C(N)c2ccc(OC)c(OC)c2)CCC1. The molecular weight excluding hydrogens is 240 g/mol. The first kappa shape index (κ1) is 14.2. The molecule has 4 nitrogen and oxygen atoms in total. The van der Waals surface area contributed by atoms with E-state index >= 15 is 0 Å². The van der Waals surface area contributed by atoms with Crippen LogP contribution in [0.25, 0.3) is 0 Å². The van der Waals surface area contributed by atoms with Crippen molar-refractivity contribution >= 4 is 0 Å². The molecule has 106 valence electrons. The number of hydrogen-bond acceptors (Lipinski definition) is 4. The Morgan fingerprint density at radius 1 is 1.26 bits per heavy atom. The normalized spacial score (nSPS) is 18.5. The summed E-state index contributed by atoms with van der Waals surface area (Å²) in [6.45, 7) is 0.961. The molecule has 0 amide bonds. The molecule has 0 spiro atoms. The van der Waals surface area contributed by atoms with Crippen molar-refractivity contribution in [2.75, 3.05) is 27.8 Å². The van der Waals surface area contributed by atoms with Gasteiger partial charge in [0.25, 0.3) is 0 Å². The number of ether oxygens (including phenoxy) is 2. The van der Waals surface area contributed by atoms with Crippen molar-refractivity contribution < 1.29 is 9.47 Å². The first-order valence-corrected chi connectivity index (χ1v) is 6.79. The van der Waals surface area contributed by atoms with Crippen LogP contribution in [0.1, 0.15) is 30.9 Å². The summed E-state index contributed by atoms with van der Waals surface area (Å²) in [5, 5.41) is 3.28. The van der Waals surface area contributed by atoms with Gasteiger partial charge in [-0.1, -0.05) is 12.5 Å². The summed E-state index contributed by atoms with van der Waals surface area (Å²) in [5.41, 5.74) is 7.81. The molecular formula is C15H24N2O2. The molecule has 0 saturated heterocycles. The van der Waals surface area contributed by atoms with Gasteiger partial charge in [0.1, 0.15) is 0 Å². The summed E-state index contributed by atoms with van der Waals surface area (Å²) in [7, 11) is 5.28. The highest BCUT2D eigenvalue weighted by Gasteiger charge is 2.42. The van der Waals surface area contributed by atoms with Gasteiger partial charge in [-0.25, -0.2) is 0 Å². The second-order valence-corrected chi connectivity index (χ2v) is 5.34. The van der Waals surface area contributed by atoms with Crippen LogP contribution < -0.4 is 20.5 Å². The van der Waals surface area contributed by atoms with E-state index in [1.54, 1.807) is 14.2 Å². The predicted octanol–water partition coefficient (Wildman–Crippen LogP) is 2.09. The monoisotopic (exact) mass is 264 g/mol. The second-order valence-electron chi connectivity index (χ2n) is 5.34. The molecule has 1 fully saturated rings. The molecule has 3 N–H and O–H groups in total. The molecule has 1 aromatic rings. The Balaban J connectivity index is 2.25. The van der Waals surface area contributed by atoms with Gasteiger partial charge in [-0.3, -0.25) is 0 Å². The average Bonchev–Trinajstić information content (AvgIpc) is 2.41. The van der Waals surface area contributed by atoms with E-state index in [0.29, 0.717) is 0 Å². The largest absolute Gasteiger partial charge is 0.493 e. The van der Waals surface area contributed by atoms with Crippen molar-refractivity contribution in [3.63, 3.8) is 0 Å². The lowest BCUT2D eigenvalue weighted by atomic mass is 9.62. The van der Waals surface area contributed by atoms with Crippen molar-refractivity contribution in [2.45, 2.75) is 25.3 Å². The third-order valence-corrected chi connectivity index (χ3v) is 4.30. The third kappa shape index (κ3) is 2.55. The highest BCUT2D eigenvalue weighted by Crippen LogP contribution is 2.49. The van der Waals surface area contributed by atoms with Crippen molar-refractivity contribution in [1.82, 2.24) is 5.32 Å². The highest BCUT2D eigenvalue weighted by atomic mass is 16.5. The van der Waals surface area contributed by atoms with Crippen LogP contribution >= 0.6 is 0 Å². The zero-order chi connectivity index (χ0) is 13.9. The lowest BCUT2D eigenvalue weighted by molar-refractivity contribution is 0.0946. The summed E-state index contributed by atoms with van der Waals surface area (Å²) >= 11 is 0. The Morgan fingerprint density at radius 3 is 2.42 bits per heavy atom. The lowest BCUT2D eigenvalue weighted by Gasteiger charge is -2.46. The molecule has 0 aromatic heterocycles. The predicted molar refractivity (Wildman–Crippen MR) is 76.7 cm³/mol. The van der Waals surface area contributed by atoms with Crippen LogP contribution in [0, 0.1) is 5.41 Å². The molecule has 1 aromatic carbocycles. The highest BCUT2D eigenvalue weighted by molar-refractivity contribution is 5.44. The summed E-state index contributed by atoms with van der Waals surface area (Å²) in [6.07, 6.45) is 3.63. The van der Waals surface area contributed by atoms with Gasteiger partial charge in [-0.2, -0.15) is 0 Å².